The average Bonchev–Trinajstić information content (AvgIpc) is 2.54. The Balaban J connectivity index is 0.00000264. The molecule has 0 aliphatic rings. The highest BCUT2D eigenvalue weighted by Crippen LogP contribution is 2.20. The van der Waals surface area contributed by atoms with Crippen LogP contribution in [0.3, 0.4) is 0 Å². The lowest BCUT2D eigenvalue weighted by Crippen LogP contribution is -2.39. The standard InChI is InChI=1S/C18H23N3O.2ClH/c1-18(2,12-19)13-21(3)17(22)16-9-15(10-20-11-16)14-7-5-4-6-8-14;;/h4-11H,12-13,19H2,1-3H3;2*1H. The van der Waals surface area contributed by atoms with E-state index in [-0.39, 0.29) is 36.1 Å². The largest absolute Gasteiger partial charge is 0.341 e. The van der Waals surface area contributed by atoms with Crippen LogP contribution in [0.5, 0.6) is 0 Å². The fourth-order valence-corrected chi connectivity index (χ4v) is 2.34. The number of rotatable bonds is 5. The minimum atomic E-state index is -0.102. The second-order valence-corrected chi connectivity index (χ2v) is 6.36. The number of benzene rings is 1. The molecule has 1 heterocycles. The SMILES string of the molecule is CN(CC(C)(C)CN)C(=O)c1cncc(-c2ccccc2)c1.Cl.Cl. The number of nitrogens with two attached hydrogens (primary N) is 1. The molecule has 0 fully saturated rings. The number of hydrogen-bond donors (Lipinski definition) is 1. The third-order valence-electron chi connectivity index (χ3n) is 3.66. The van der Waals surface area contributed by atoms with E-state index in [0.717, 1.165) is 11.1 Å². The Kier molecular flexibility index (Phi) is 8.97. The van der Waals surface area contributed by atoms with Gasteiger partial charge in [-0.2, -0.15) is 0 Å². The van der Waals surface area contributed by atoms with Gasteiger partial charge in [0.25, 0.3) is 5.91 Å². The third-order valence-corrected chi connectivity index (χ3v) is 3.66. The Bertz CT molecular complexity index is 648. The van der Waals surface area contributed by atoms with E-state index in [2.05, 4.69) is 18.8 Å². The van der Waals surface area contributed by atoms with Gasteiger partial charge in [-0.05, 0) is 23.6 Å². The summed E-state index contributed by atoms with van der Waals surface area (Å²) in [5.41, 5.74) is 8.23. The average molecular weight is 370 g/mol. The maximum absolute atomic E-state index is 12.6. The van der Waals surface area contributed by atoms with Crippen molar-refractivity contribution in [2.75, 3.05) is 20.1 Å². The summed E-state index contributed by atoms with van der Waals surface area (Å²) in [5, 5.41) is 0. The van der Waals surface area contributed by atoms with Crippen molar-refractivity contribution in [3.05, 3.63) is 54.4 Å². The molecule has 0 radical (unpaired) electrons. The Morgan fingerprint density at radius 1 is 1.12 bits per heavy atom. The van der Waals surface area contributed by atoms with Gasteiger partial charge in [-0.1, -0.05) is 44.2 Å². The second-order valence-electron chi connectivity index (χ2n) is 6.36. The number of carbonyl (C=O) groups excluding carboxylic acids is 1. The second kappa shape index (κ2) is 9.62. The normalized spacial score (nSPS) is 10.3. The smallest absolute Gasteiger partial charge is 0.255 e. The summed E-state index contributed by atoms with van der Waals surface area (Å²) in [6, 6.07) is 11.8. The van der Waals surface area contributed by atoms with Gasteiger partial charge in [0.2, 0.25) is 0 Å². The van der Waals surface area contributed by atoms with Gasteiger partial charge in [-0.25, -0.2) is 0 Å². The molecule has 2 rings (SSSR count). The number of halogens is 2. The fourth-order valence-electron chi connectivity index (χ4n) is 2.34. The summed E-state index contributed by atoms with van der Waals surface area (Å²) in [4.78, 5) is 18.5. The van der Waals surface area contributed by atoms with Crippen molar-refractivity contribution >= 4 is 30.7 Å². The third kappa shape index (κ3) is 5.78. The summed E-state index contributed by atoms with van der Waals surface area (Å²) >= 11 is 0. The zero-order valence-corrected chi connectivity index (χ0v) is 15.9. The van der Waals surface area contributed by atoms with Crippen molar-refractivity contribution in [2.24, 2.45) is 11.1 Å². The monoisotopic (exact) mass is 369 g/mol. The molecule has 1 aromatic carbocycles. The topological polar surface area (TPSA) is 59.2 Å². The molecular formula is C18H25Cl2N3O. The molecule has 24 heavy (non-hydrogen) atoms. The molecule has 2 N–H and O–H groups in total. The summed E-state index contributed by atoms with van der Waals surface area (Å²) in [5.74, 6) is -0.0354. The van der Waals surface area contributed by atoms with E-state index in [0.29, 0.717) is 18.7 Å². The van der Waals surface area contributed by atoms with Crippen LogP contribution >= 0.6 is 24.8 Å². The number of aromatic nitrogens is 1. The van der Waals surface area contributed by atoms with E-state index in [4.69, 9.17) is 5.73 Å². The van der Waals surface area contributed by atoms with Crippen LogP contribution in [0.25, 0.3) is 11.1 Å². The molecule has 2 aromatic rings. The lowest BCUT2D eigenvalue weighted by molar-refractivity contribution is 0.0740. The van der Waals surface area contributed by atoms with E-state index < -0.39 is 0 Å². The number of carbonyl (C=O) groups is 1. The molecule has 4 nitrogen and oxygen atoms in total. The van der Waals surface area contributed by atoms with Crippen molar-refractivity contribution in [1.82, 2.24) is 9.88 Å². The van der Waals surface area contributed by atoms with Crippen molar-refractivity contribution < 1.29 is 4.79 Å². The molecule has 0 aliphatic heterocycles. The Morgan fingerprint density at radius 3 is 2.33 bits per heavy atom. The molecule has 6 heteroatoms. The van der Waals surface area contributed by atoms with Crippen LogP contribution in [-0.4, -0.2) is 35.9 Å². The maximum Gasteiger partial charge on any atom is 0.255 e. The zero-order valence-electron chi connectivity index (χ0n) is 14.2. The summed E-state index contributed by atoms with van der Waals surface area (Å²) in [7, 11) is 1.80. The molecule has 132 valence electrons. The van der Waals surface area contributed by atoms with Gasteiger partial charge in [-0.3, -0.25) is 9.78 Å². The van der Waals surface area contributed by atoms with Gasteiger partial charge >= 0.3 is 0 Å². The molecule has 1 amide bonds. The number of pyridine rings is 1. The quantitative estimate of drug-likeness (QED) is 0.874. The molecule has 0 unspecified atom stereocenters. The van der Waals surface area contributed by atoms with E-state index in [1.54, 1.807) is 24.3 Å². The zero-order chi connectivity index (χ0) is 16.2. The van der Waals surface area contributed by atoms with E-state index in [1.165, 1.54) is 0 Å². The minimum Gasteiger partial charge on any atom is -0.341 e. The predicted molar refractivity (Wildman–Crippen MR) is 104 cm³/mol. The highest BCUT2D eigenvalue weighted by atomic mass is 35.5. The first kappa shape index (κ1) is 22.4. The van der Waals surface area contributed by atoms with Gasteiger partial charge in [-0.15, -0.1) is 24.8 Å². The highest BCUT2D eigenvalue weighted by Gasteiger charge is 2.22. The Labute approximate surface area is 156 Å². The van der Waals surface area contributed by atoms with Gasteiger partial charge in [0.1, 0.15) is 0 Å². The van der Waals surface area contributed by atoms with Gasteiger partial charge < -0.3 is 10.6 Å². The van der Waals surface area contributed by atoms with Crippen LogP contribution < -0.4 is 5.73 Å². The maximum atomic E-state index is 12.6. The van der Waals surface area contributed by atoms with Crippen LogP contribution in [0, 0.1) is 5.41 Å². The van der Waals surface area contributed by atoms with Crippen molar-refractivity contribution in [3.63, 3.8) is 0 Å². The van der Waals surface area contributed by atoms with Gasteiger partial charge in [0.05, 0.1) is 5.56 Å². The summed E-state index contributed by atoms with van der Waals surface area (Å²) < 4.78 is 0. The number of hydrogen-bond acceptors (Lipinski definition) is 3. The van der Waals surface area contributed by atoms with Crippen LogP contribution in [0.15, 0.2) is 48.8 Å². The molecule has 1 aromatic heterocycles. The number of amides is 1. The van der Waals surface area contributed by atoms with E-state index in [9.17, 15) is 4.79 Å². The van der Waals surface area contributed by atoms with Crippen LogP contribution in [0.2, 0.25) is 0 Å². The molecule has 0 spiro atoms. The van der Waals surface area contributed by atoms with Gasteiger partial charge in [0, 0.05) is 31.5 Å². The molecule has 0 bridgehead atoms. The van der Waals surface area contributed by atoms with Crippen LogP contribution in [0.1, 0.15) is 24.2 Å². The van der Waals surface area contributed by atoms with Crippen molar-refractivity contribution in [3.8, 4) is 11.1 Å². The predicted octanol–water partition coefficient (Wildman–Crippen LogP) is 3.65. The van der Waals surface area contributed by atoms with Gasteiger partial charge in [0.15, 0.2) is 0 Å². The Morgan fingerprint density at radius 2 is 1.75 bits per heavy atom. The van der Waals surface area contributed by atoms with Crippen molar-refractivity contribution in [1.29, 1.82) is 0 Å². The summed E-state index contributed by atoms with van der Waals surface area (Å²) in [6.45, 7) is 5.25. The lowest BCUT2D eigenvalue weighted by atomic mass is 9.93. The first-order valence-electron chi connectivity index (χ1n) is 7.39. The first-order valence-corrected chi connectivity index (χ1v) is 7.39. The molecular weight excluding hydrogens is 345 g/mol. The molecule has 0 atom stereocenters. The van der Waals surface area contributed by atoms with Crippen molar-refractivity contribution in [2.45, 2.75) is 13.8 Å². The summed E-state index contributed by atoms with van der Waals surface area (Å²) in [6.07, 6.45) is 3.39. The molecule has 0 saturated heterocycles. The van der Waals surface area contributed by atoms with Crippen LogP contribution in [-0.2, 0) is 0 Å². The van der Waals surface area contributed by atoms with E-state index in [1.807, 2.05) is 36.4 Å². The Hall–Kier alpha value is -1.62. The highest BCUT2D eigenvalue weighted by molar-refractivity contribution is 5.95. The lowest BCUT2D eigenvalue weighted by Gasteiger charge is -2.29. The number of nitrogens with zero attached hydrogens (tertiary/aromatic N) is 2. The molecule has 0 aliphatic carbocycles. The fraction of sp³-hybridized carbons (Fsp3) is 0.333. The first-order chi connectivity index (χ1) is 10.4. The van der Waals surface area contributed by atoms with Crippen LogP contribution in [0.4, 0.5) is 0 Å². The van der Waals surface area contributed by atoms with E-state index >= 15 is 0 Å². The molecule has 0 saturated carbocycles. The minimum absolute atomic E-state index is 0.